The molecule has 1 unspecified atom stereocenters. The molecule has 11 heteroatoms. The Kier molecular flexibility index (Phi) is 7.14. The summed E-state index contributed by atoms with van der Waals surface area (Å²) in [5.41, 5.74) is 17.3. The fourth-order valence-corrected chi connectivity index (χ4v) is 2.68. The van der Waals surface area contributed by atoms with Crippen LogP contribution in [-0.4, -0.2) is 49.9 Å². The third kappa shape index (κ3) is 5.03. The number of esters is 2. The molecule has 0 aliphatic heterocycles. The lowest BCUT2D eigenvalue weighted by Gasteiger charge is -2.43. The van der Waals surface area contributed by atoms with Gasteiger partial charge in [0.1, 0.15) is 18.2 Å². The lowest BCUT2D eigenvalue weighted by molar-refractivity contribution is -0.183. The molecular formula is C12H18N6O5. The van der Waals surface area contributed by atoms with Gasteiger partial charge in [-0.15, -0.1) is 0 Å². The largest absolute Gasteiger partial charge is 0.458 e. The van der Waals surface area contributed by atoms with Gasteiger partial charge in [0, 0.05) is 43.2 Å². The van der Waals surface area contributed by atoms with Crippen LogP contribution >= 0.6 is 0 Å². The van der Waals surface area contributed by atoms with Crippen molar-refractivity contribution in [3.05, 3.63) is 20.9 Å². The van der Waals surface area contributed by atoms with E-state index in [4.69, 9.17) is 25.3 Å². The van der Waals surface area contributed by atoms with Gasteiger partial charge in [0.05, 0.1) is 6.10 Å². The molecule has 0 N–H and O–H groups in total. The first-order valence-corrected chi connectivity index (χ1v) is 6.86. The predicted octanol–water partition coefficient (Wildman–Crippen LogP) is 1.87. The Morgan fingerprint density at radius 2 is 1.74 bits per heavy atom. The smallest absolute Gasteiger partial charge is 0.303 e. The normalized spacial score (nSPS) is 29.6. The minimum Gasteiger partial charge on any atom is -0.458 e. The van der Waals surface area contributed by atoms with E-state index in [1.54, 1.807) is 0 Å². The van der Waals surface area contributed by atoms with Gasteiger partial charge in [0.15, 0.2) is 0 Å². The summed E-state index contributed by atoms with van der Waals surface area (Å²) in [5.74, 6) is -1.65. The number of methoxy groups -OCH3 is 1. The third-order valence-corrected chi connectivity index (χ3v) is 3.51. The van der Waals surface area contributed by atoms with Gasteiger partial charge >= 0.3 is 11.9 Å². The van der Waals surface area contributed by atoms with Gasteiger partial charge in [-0.2, -0.15) is 0 Å². The second-order valence-electron chi connectivity index (χ2n) is 5.03. The summed E-state index contributed by atoms with van der Waals surface area (Å²) in [6.07, 6.45) is -2.18. The molecule has 1 fully saturated rings. The highest BCUT2D eigenvalue weighted by Crippen LogP contribution is 2.34. The first-order valence-electron chi connectivity index (χ1n) is 6.86. The highest BCUT2D eigenvalue weighted by Gasteiger charge is 2.48. The van der Waals surface area contributed by atoms with Crippen LogP contribution in [0, 0.1) is 5.92 Å². The monoisotopic (exact) mass is 326 g/mol. The highest BCUT2D eigenvalue weighted by atomic mass is 16.6. The number of hydrogen-bond acceptors (Lipinski definition) is 7. The Bertz CT molecular complexity index is 542. The minimum atomic E-state index is -1.02. The molecule has 0 bridgehead atoms. The van der Waals surface area contributed by atoms with E-state index < -0.39 is 42.2 Å². The van der Waals surface area contributed by atoms with Crippen molar-refractivity contribution < 1.29 is 23.8 Å². The van der Waals surface area contributed by atoms with Gasteiger partial charge in [0.2, 0.25) is 0 Å². The molecule has 0 spiro atoms. The van der Waals surface area contributed by atoms with Crippen LogP contribution in [0.2, 0.25) is 0 Å². The number of carbonyl (C=O) groups excluding carboxylic acids is 2. The molecule has 1 saturated carbocycles. The van der Waals surface area contributed by atoms with Crippen molar-refractivity contribution >= 4 is 11.9 Å². The number of hydrogen-bond donors (Lipinski definition) is 0. The number of nitrogens with zero attached hydrogens (tertiary/aromatic N) is 6. The van der Waals surface area contributed by atoms with Crippen molar-refractivity contribution in [1.82, 2.24) is 0 Å². The van der Waals surface area contributed by atoms with E-state index in [9.17, 15) is 9.59 Å². The second-order valence-corrected chi connectivity index (χ2v) is 5.03. The lowest BCUT2D eigenvalue weighted by Crippen LogP contribution is -2.56. The molecule has 0 aromatic heterocycles. The van der Waals surface area contributed by atoms with Crippen LogP contribution in [-0.2, 0) is 23.8 Å². The topological polar surface area (TPSA) is 159 Å². The maximum Gasteiger partial charge on any atom is 0.303 e. The maximum absolute atomic E-state index is 11.4. The Labute approximate surface area is 132 Å². The van der Waals surface area contributed by atoms with Crippen molar-refractivity contribution in [3.8, 4) is 0 Å². The molecule has 0 heterocycles. The SMILES string of the molecule is CO[C@H]1C[C@@H](CN=[N+]=[N-])[C@@H](OC(C)=O)[C@H](OC(C)=O)C1N=[N+]=[N-]. The molecule has 5 atom stereocenters. The molecule has 23 heavy (non-hydrogen) atoms. The van der Waals surface area contributed by atoms with Gasteiger partial charge in [-0.25, -0.2) is 0 Å². The summed E-state index contributed by atoms with van der Waals surface area (Å²) in [7, 11) is 1.42. The van der Waals surface area contributed by atoms with Crippen LogP contribution in [0.5, 0.6) is 0 Å². The first kappa shape index (κ1) is 18.6. The van der Waals surface area contributed by atoms with Crippen molar-refractivity contribution in [3.63, 3.8) is 0 Å². The number of ether oxygens (including phenoxy) is 3. The zero-order chi connectivity index (χ0) is 17.4. The van der Waals surface area contributed by atoms with Crippen LogP contribution in [0.1, 0.15) is 20.3 Å². The van der Waals surface area contributed by atoms with Gasteiger partial charge in [-0.05, 0) is 17.5 Å². The molecule has 0 saturated heterocycles. The van der Waals surface area contributed by atoms with Crippen LogP contribution < -0.4 is 0 Å². The van der Waals surface area contributed by atoms with Gasteiger partial charge in [-0.3, -0.25) is 9.59 Å². The van der Waals surface area contributed by atoms with Crippen LogP contribution in [0.25, 0.3) is 20.9 Å². The van der Waals surface area contributed by atoms with E-state index in [2.05, 4.69) is 20.1 Å². The summed E-state index contributed by atoms with van der Waals surface area (Å²) in [5, 5.41) is 7.12. The van der Waals surface area contributed by atoms with Crippen molar-refractivity contribution in [2.24, 2.45) is 16.1 Å². The fraction of sp³-hybridized carbons (Fsp3) is 0.833. The molecule has 1 aliphatic carbocycles. The molecular weight excluding hydrogens is 308 g/mol. The average Bonchev–Trinajstić information content (AvgIpc) is 2.48. The zero-order valence-electron chi connectivity index (χ0n) is 13.0. The van der Waals surface area contributed by atoms with Crippen LogP contribution in [0.3, 0.4) is 0 Å². The summed E-state index contributed by atoms with van der Waals surface area (Å²) in [6, 6.07) is -0.861. The quantitative estimate of drug-likeness (QED) is 0.314. The summed E-state index contributed by atoms with van der Waals surface area (Å²) >= 11 is 0. The predicted molar refractivity (Wildman–Crippen MR) is 77.0 cm³/mol. The fourth-order valence-electron chi connectivity index (χ4n) is 2.68. The van der Waals surface area contributed by atoms with Crippen LogP contribution in [0.4, 0.5) is 0 Å². The lowest BCUT2D eigenvalue weighted by atomic mass is 9.79. The Hall–Kier alpha value is -2.48. The first-order chi connectivity index (χ1) is 10.9. The molecule has 126 valence electrons. The molecule has 0 radical (unpaired) electrons. The molecule has 0 aromatic carbocycles. The molecule has 1 aliphatic rings. The summed E-state index contributed by atoms with van der Waals surface area (Å²) in [4.78, 5) is 28.2. The average molecular weight is 326 g/mol. The van der Waals surface area contributed by atoms with E-state index in [-0.39, 0.29) is 6.54 Å². The van der Waals surface area contributed by atoms with Crippen molar-refractivity contribution in [1.29, 1.82) is 0 Å². The van der Waals surface area contributed by atoms with E-state index in [0.717, 1.165) is 0 Å². The highest BCUT2D eigenvalue weighted by molar-refractivity contribution is 5.67. The Morgan fingerprint density at radius 1 is 1.13 bits per heavy atom. The van der Waals surface area contributed by atoms with Crippen molar-refractivity contribution in [2.45, 2.75) is 44.6 Å². The van der Waals surface area contributed by atoms with E-state index in [0.29, 0.717) is 6.42 Å². The van der Waals surface area contributed by atoms with E-state index in [1.807, 2.05) is 0 Å². The Balaban J connectivity index is 3.23. The van der Waals surface area contributed by atoms with E-state index in [1.165, 1.54) is 21.0 Å². The Morgan fingerprint density at radius 3 is 2.22 bits per heavy atom. The minimum absolute atomic E-state index is 0.0229. The number of carbonyl (C=O) groups is 2. The summed E-state index contributed by atoms with van der Waals surface area (Å²) in [6.45, 7) is 2.42. The standard InChI is InChI=1S/C12H18N6O5/c1-6(19)22-11-8(5-15-17-13)4-9(21-3)10(16-18-14)12(11)23-7(2)20/h8-12H,4-5H2,1-3H3/t8-,9-,10?,11+,12+/m0/s1. The maximum atomic E-state index is 11.4. The molecule has 1 rings (SSSR count). The van der Waals surface area contributed by atoms with Crippen molar-refractivity contribution in [2.75, 3.05) is 13.7 Å². The number of rotatable bonds is 6. The van der Waals surface area contributed by atoms with Gasteiger partial charge in [0.25, 0.3) is 0 Å². The zero-order valence-corrected chi connectivity index (χ0v) is 13.0. The summed E-state index contributed by atoms with van der Waals surface area (Å²) < 4.78 is 15.8. The van der Waals surface area contributed by atoms with Crippen LogP contribution in [0.15, 0.2) is 10.2 Å². The second kappa shape index (κ2) is 8.84. The van der Waals surface area contributed by atoms with Gasteiger partial charge < -0.3 is 14.2 Å². The third-order valence-electron chi connectivity index (χ3n) is 3.51. The number of azide groups is 2. The molecule has 0 amide bonds. The van der Waals surface area contributed by atoms with Gasteiger partial charge in [-0.1, -0.05) is 10.2 Å². The van der Waals surface area contributed by atoms with E-state index >= 15 is 0 Å². The molecule has 0 aromatic rings. The molecule has 11 nitrogen and oxygen atoms in total.